The molecule has 0 bridgehead atoms. The second-order valence-electron chi connectivity index (χ2n) is 6.96. The molecule has 1 N–H and O–H groups in total. The summed E-state index contributed by atoms with van der Waals surface area (Å²) in [5, 5.41) is 3.31. The molecule has 2 aromatic rings. The van der Waals surface area contributed by atoms with Crippen LogP contribution in [-0.4, -0.2) is 57.2 Å². The highest BCUT2D eigenvalue weighted by Gasteiger charge is 2.40. The van der Waals surface area contributed by atoms with Gasteiger partial charge in [-0.25, -0.2) is 0 Å². The third kappa shape index (κ3) is 4.89. The van der Waals surface area contributed by atoms with Crippen LogP contribution in [0.3, 0.4) is 0 Å². The lowest BCUT2D eigenvalue weighted by atomic mass is 9.88. The third-order valence-electron chi connectivity index (χ3n) is 5.20. The van der Waals surface area contributed by atoms with Crippen molar-refractivity contribution in [3.8, 4) is 5.75 Å². The van der Waals surface area contributed by atoms with Crippen LogP contribution < -0.4 is 10.1 Å². The van der Waals surface area contributed by atoms with E-state index in [0.717, 1.165) is 11.3 Å². The smallest absolute Gasteiger partial charge is 0.255 e. The molecule has 2 amide bonds. The first-order valence-electron chi connectivity index (χ1n) is 9.49. The van der Waals surface area contributed by atoms with Crippen molar-refractivity contribution in [2.45, 2.75) is 5.92 Å². The molecule has 1 aliphatic heterocycles. The zero-order chi connectivity index (χ0) is 20.8. The summed E-state index contributed by atoms with van der Waals surface area (Å²) in [6, 6.07) is 14.6. The monoisotopic (exact) mass is 416 g/mol. The van der Waals surface area contributed by atoms with Crippen molar-refractivity contribution in [2.75, 3.05) is 40.5 Å². The second-order valence-corrected chi connectivity index (χ2v) is 7.37. The number of halogens is 1. The number of methoxy groups -OCH3 is 2. The van der Waals surface area contributed by atoms with Gasteiger partial charge in [0.2, 0.25) is 5.91 Å². The maximum absolute atomic E-state index is 13.0. The van der Waals surface area contributed by atoms with Gasteiger partial charge in [0.05, 0.1) is 30.2 Å². The van der Waals surface area contributed by atoms with Crippen molar-refractivity contribution < 1.29 is 19.1 Å². The van der Waals surface area contributed by atoms with E-state index in [9.17, 15) is 9.59 Å². The Morgan fingerprint density at radius 2 is 1.83 bits per heavy atom. The molecule has 1 aliphatic rings. The fourth-order valence-electron chi connectivity index (χ4n) is 3.64. The molecule has 2 unspecified atom stereocenters. The van der Waals surface area contributed by atoms with Crippen LogP contribution in [0.4, 0.5) is 0 Å². The Morgan fingerprint density at radius 1 is 1.10 bits per heavy atom. The van der Waals surface area contributed by atoms with Gasteiger partial charge in [0.15, 0.2) is 0 Å². The molecule has 1 heterocycles. The van der Waals surface area contributed by atoms with E-state index in [1.807, 2.05) is 24.3 Å². The van der Waals surface area contributed by atoms with E-state index >= 15 is 0 Å². The number of benzene rings is 2. The summed E-state index contributed by atoms with van der Waals surface area (Å²) >= 11 is 6.21. The number of nitrogens with zero attached hydrogens (tertiary/aromatic N) is 1. The van der Waals surface area contributed by atoms with Crippen molar-refractivity contribution in [3.63, 3.8) is 0 Å². The highest BCUT2D eigenvalue weighted by molar-refractivity contribution is 6.33. The molecule has 0 radical (unpaired) electrons. The third-order valence-corrected chi connectivity index (χ3v) is 5.53. The van der Waals surface area contributed by atoms with Crippen molar-refractivity contribution in [2.24, 2.45) is 5.92 Å². The van der Waals surface area contributed by atoms with Crippen LogP contribution in [-0.2, 0) is 9.53 Å². The molecular formula is C22H25ClN2O4. The molecule has 6 nitrogen and oxygen atoms in total. The zero-order valence-electron chi connectivity index (χ0n) is 16.6. The number of rotatable bonds is 7. The van der Waals surface area contributed by atoms with Gasteiger partial charge in [-0.2, -0.15) is 0 Å². The van der Waals surface area contributed by atoms with Crippen LogP contribution in [0.1, 0.15) is 21.8 Å². The Morgan fingerprint density at radius 3 is 2.48 bits per heavy atom. The number of hydrogen-bond donors (Lipinski definition) is 1. The molecule has 3 rings (SSSR count). The zero-order valence-corrected chi connectivity index (χ0v) is 17.3. The molecule has 7 heteroatoms. The highest BCUT2D eigenvalue weighted by atomic mass is 35.5. The number of carbonyl (C=O) groups excluding carboxylic acids is 2. The lowest BCUT2D eigenvalue weighted by Crippen LogP contribution is -2.37. The van der Waals surface area contributed by atoms with Gasteiger partial charge < -0.3 is 19.7 Å². The van der Waals surface area contributed by atoms with E-state index in [-0.39, 0.29) is 23.7 Å². The van der Waals surface area contributed by atoms with Crippen molar-refractivity contribution in [1.29, 1.82) is 0 Å². The molecule has 0 aromatic heterocycles. The minimum Gasteiger partial charge on any atom is -0.497 e. The lowest BCUT2D eigenvalue weighted by Gasteiger charge is -2.18. The Hall–Kier alpha value is -2.57. The van der Waals surface area contributed by atoms with Crippen LogP contribution in [0.15, 0.2) is 48.5 Å². The maximum Gasteiger partial charge on any atom is 0.255 e. The summed E-state index contributed by atoms with van der Waals surface area (Å²) in [6.45, 7) is 1.64. The number of ether oxygens (including phenoxy) is 2. The van der Waals surface area contributed by atoms with E-state index in [1.54, 1.807) is 43.4 Å². The summed E-state index contributed by atoms with van der Waals surface area (Å²) < 4.78 is 10.2. The largest absolute Gasteiger partial charge is 0.497 e. The van der Waals surface area contributed by atoms with Crippen LogP contribution >= 0.6 is 11.6 Å². The summed E-state index contributed by atoms with van der Waals surface area (Å²) in [4.78, 5) is 27.6. The number of amides is 2. The first-order valence-corrected chi connectivity index (χ1v) is 9.87. The summed E-state index contributed by atoms with van der Waals surface area (Å²) in [5.74, 6) is 0.0250. The molecule has 0 spiro atoms. The average Bonchev–Trinajstić information content (AvgIpc) is 3.19. The van der Waals surface area contributed by atoms with Gasteiger partial charge in [-0.05, 0) is 29.8 Å². The predicted molar refractivity (Wildman–Crippen MR) is 111 cm³/mol. The number of carbonyl (C=O) groups is 2. The predicted octanol–water partition coefficient (Wildman–Crippen LogP) is 2.97. The summed E-state index contributed by atoms with van der Waals surface area (Å²) in [6.07, 6.45) is 0. The van der Waals surface area contributed by atoms with Crippen LogP contribution in [0.25, 0.3) is 0 Å². The molecule has 154 valence electrons. The first-order chi connectivity index (χ1) is 14.0. The molecule has 1 saturated heterocycles. The van der Waals surface area contributed by atoms with Crippen molar-refractivity contribution in [3.05, 3.63) is 64.7 Å². The number of nitrogens with one attached hydrogen (secondary N) is 1. The molecule has 2 atom stereocenters. The molecule has 2 aromatic carbocycles. The Balaban J connectivity index is 1.83. The summed E-state index contributed by atoms with van der Waals surface area (Å²) in [5.41, 5.74) is 1.44. The topological polar surface area (TPSA) is 67.9 Å². The van der Waals surface area contributed by atoms with Gasteiger partial charge in [0.25, 0.3) is 5.91 Å². The second kappa shape index (κ2) is 9.76. The minimum atomic E-state index is -0.355. The maximum atomic E-state index is 13.0. The summed E-state index contributed by atoms with van der Waals surface area (Å²) in [7, 11) is 3.20. The Labute approximate surface area is 175 Å². The number of hydrogen-bond acceptors (Lipinski definition) is 4. The molecular weight excluding hydrogens is 392 g/mol. The highest BCUT2D eigenvalue weighted by Crippen LogP contribution is 2.35. The van der Waals surface area contributed by atoms with Crippen LogP contribution in [0.2, 0.25) is 5.02 Å². The average molecular weight is 417 g/mol. The fourth-order valence-corrected chi connectivity index (χ4v) is 3.85. The molecule has 29 heavy (non-hydrogen) atoms. The van der Waals surface area contributed by atoms with Gasteiger partial charge in [-0.1, -0.05) is 35.9 Å². The van der Waals surface area contributed by atoms with E-state index in [0.29, 0.717) is 36.8 Å². The minimum absolute atomic E-state index is 0.0858. The van der Waals surface area contributed by atoms with Gasteiger partial charge in [-0.3, -0.25) is 9.59 Å². The molecule has 0 saturated carbocycles. The van der Waals surface area contributed by atoms with Gasteiger partial charge >= 0.3 is 0 Å². The lowest BCUT2D eigenvalue weighted by molar-refractivity contribution is -0.125. The van der Waals surface area contributed by atoms with E-state index in [4.69, 9.17) is 21.1 Å². The Bertz CT molecular complexity index is 856. The Kier molecular flexibility index (Phi) is 7.12. The van der Waals surface area contributed by atoms with E-state index in [1.165, 1.54) is 0 Å². The molecule has 0 aliphatic carbocycles. The van der Waals surface area contributed by atoms with Crippen molar-refractivity contribution >= 4 is 23.4 Å². The van der Waals surface area contributed by atoms with E-state index < -0.39 is 0 Å². The van der Waals surface area contributed by atoms with Gasteiger partial charge in [0, 0.05) is 32.7 Å². The number of likely N-dealkylation sites (tertiary alicyclic amines) is 1. The molecule has 1 fully saturated rings. The first kappa shape index (κ1) is 21.1. The standard InChI is InChI=1S/C22H25ClN2O4/c1-28-12-11-24-21(26)19-14-25(22(27)17-5-3-4-6-20(17)23)13-18(19)15-7-9-16(29-2)10-8-15/h3-10,18-19H,11-14H2,1-2H3,(H,24,26). The normalized spacial score (nSPS) is 18.5. The fraction of sp³-hybridized carbons (Fsp3) is 0.364. The van der Waals surface area contributed by atoms with Gasteiger partial charge in [0.1, 0.15) is 5.75 Å². The van der Waals surface area contributed by atoms with Crippen LogP contribution in [0, 0.1) is 5.92 Å². The van der Waals surface area contributed by atoms with Crippen LogP contribution in [0.5, 0.6) is 5.75 Å². The quantitative estimate of drug-likeness (QED) is 0.704. The SMILES string of the molecule is COCCNC(=O)C1CN(C(=O)c2ccccc2Cl)CC1c1ccc(OC)cc1. The van der Waals surface area contributed by atoms with Crippen molar-refractivity contribution in [1.82, 2.24) is 10.2 Å². The van der Waals surface area contributed by atoms with E-state index in [2.05, 4.69) is 5.32 Å². The van der Waals surface area contributed by atoms with Gasteiger partial charge in [-0.15, -0.1) is 0 Å².